The van der Waals surface area contributed by atoms with Gasteiger partial charge in [-0.05, 0) is 19.8 Å². The summed E-state index contributed by atoms with van der Waals surface area (Å²) in [4.78, 5) is 33.5. The summed E-state index contributed by atoms with van der Waals surface area (Å²) in [6, 6.07) is 0. The van der Waals surface area contributed by atoms with E-state index >= 15 is 0 Å². The van der Waals surface area contributed by atoms with Gasteiger partial charge in [-0.1, -0.05) is 32.6 Å². The summed E-state index contributed by atoms with van der Waals surface area (Å²) in [5.74, 6) is -3.50. The van der Waals surface area contributed by atoms with Crippen LogP contribution in [0.2, 0.25) is 0 Å². The Morgan fingerprint density at radius 1 is 1.19 bits per heavy atom. The SMILES string of the molecule is C=C(C)COOC(C)(OC(=O)C(=C)C)C(=O)OCC(C)C. The highest BCUT2D eigenvalue weighted by molar-refractivity contribution is 5.90. The van der Waals surface area contributed by atoms with Gasteiger partial charge in [0.15, 0.2) is 0 Å². The van der Waals surface area contributed by atoms with Gasteiger partial charge in [-0.3, -0.25) is 0 Å². The number of carbonyl (C=O) groups is 2. The van der Waals surface area contributed by atoms with Gasteiger partial charge in [-0.25, -0.2) is 14.5 Å². The molecular formula is C15H24O6. The first-order chi connectivity index (χ1) is 9.58. The molecule has 0 amide bonds. The predicted octanol–water partition coefficient (Wildman–Crippen LogP) is 2.55. The molecule has 21 heavy (non-hydrogen) atoms. The molecule has 0 saturated carbocycles. The van der Waals surface area contributed by atoms with E-state index in [1.807, 2.05) is 13.8 Å². The largest absolute Gasteiger partial charge is 0.461 e. The van der Waals surface area contributed by atoms with E-state index in [1.54, 1.807) is 6.92 Å². The van der Waals surface area contributed by atoms with E-state index in [2.05, 4.69) is 13.2 Å². The molecule has 1 atom stereocenters. The Hall–Kier alpha value is -1.66. The van der Waals surface area contributed by atoms with Gasteiger partial charge in [0, 0.05) is 12.5 Å². The van der Waals surface area contributed by atoms with Crippen LogP contribution in [0.1, 0.15) is 34.6 Å². The van der Waals surface area contributed by atoms with Crippen molar-refractivity contribution in [2.45, 2.75) is 40.4 Å². The van der Waals surface area contributed by atoms with Crippen LogP contribution in [-0.2, 0) is 28.8 Å². The summed E-state index contributed by atoms with van der Waals surface area (Å²) in [5, 5.41) is 0. The molecule has 120 valence electrons. The van der Waals surface area contributed by atoms with Crippen molar-refractivity contribution in [1.82, 2.24) is 0 Å². The van der Waals surface area contributed by atoms with Crippen molar-refractivity contribution in [2.75, 3.05) is 13.2 Å². The number of hydrogen-bond donors (Lipinski definition) is 0. The van der Waals surface area contributed by atoms with Crippen molar-refractivity contribution < 1.29 is 28.8 Å². The number of carbonyl (C=O) groups excluding carboxylic acids is 2. The smallest absolute Gasteiger partial charge is 0.382 e. The fraction of sp³-hybridized carbons (Fsp3) is 0.600. The predicted molar refractivity (Wildman–Crippen MR) is 77.0 cm³/mol. The Morgan fingerprint density at radius 3 is 2.19 bits per heavy atom. The molecule has 6 heteroatoms. The third-order valence-corrected chi connectivity index (χ3v) is 2.08. The standard InChI is InChI=1S/C15H24O6/c1-10(2)8-18-14(17)15(7,20-13(16)12(5)6)21-19-9-11(3)4/h10H,3,5,8-9H2,1-2,4,6-7H3. The van der Waals surface area contributed by atoms with Gasteiger partial charge in [0.1, 0.15) is 6.61 Å². The van der Waals surface area contributed by atoms with Crippen LogP contribution in [0.5, 0.6) is 0 Å². The Balaban J connectivity index is 4.87. The van der Waals surface area contributed by atoms with Crippen LogP contribution in [0.3, 0.4) is 0 Å². The lowest BCUT2D eigenvalue weighted by atomic mass is 10.2. The van der Waals surface area contributed by atoms with Crippen molar-refractivity contribution in [1.29, 1.82) is 0 Å². The van der Waals surface area contributed by atoms with E-state index in [1.165, 1.54) is 13.8 Å². The maximum Gasteiger partial charge on any atom is 0.382 e. The number of hydrogen-bond acceptors (Lipinski definition) is 6. The zero-order valence-electron chi connectivity index (χ0n) is 13.4. The number of ether oxygens (including phenoxy) is 2. The number of esters is 2. The molecule has 0 fully saturated rings. The van der Waals surface area contributed by atoms with Crippen molar-refractivity contribution in [3.63, 3.8) is 0 Å². The average Bonchev–Trinajstić information content (AvgIpc) is 2.34. The second-order valence-corrected chi connectivity index (χ2v) is 5.41. The first-order valence-electron chi connectivity index (χ1n) is 6.59. The summed E-state index contributed by atoms with van der Waals surface area (Å²) >= 11 is 0. The van der Waals surface area contributed by atoms with Crippen molar-refractivity contribution in [3.05, 3.63) is 24.3 Å². The number of rotatable bonds is 9. The van der Waals surface area contributed by atoms with Crippen LogP contribution in [0.25, 0.3) is 0 Å². The summed E-state index contributed by atoms with van der Waals surface area (Å²) in [6.45, 7) is 15.5. The second kappa shape index (κ2) is 8.59. The Labute approximate surface area is 125 Å². The lowest BCUT2D eigenvalue weighted by molar-refractivity contribution is -0.398. The van der Waals surface area contributed by atoms with Crippen LogP contribution >= 0.6 is 0 Å². The van der Waals surface area contributed by atoms with Crippen molar-refractivity contribution in [3.8, 4) is 0 Å². The molecule has 0 aliphatic heterocycles. The molecule has 0 saturated heterocycles. The third-order valence-electron chi connectivity index (χ3n) is 2.08. The van der Waals surface area contributed by atoms with Crippen LogP contribution in [0, 0.1) is 5.92 Å². The zero-order valence-corrected chi connectivity index (χ0v) is 13.4. The van der Waals surface area contributed by atoms with Crippen LogP contribution in [0.15, 0.2) is 24.3 Å². The van der Waals surface area contributed by atoms with Crippen LogP contribution in [-0.4, -0.2) is 30.9 Å². The van der Waals surface area contributed by atoms with E-state index in [4.69, 9.17) is 19.2 Å². The Bertz CT molecular complexity index is 412. The highest BCUT2D eigenvalue weighted by atomic mass is 17.2. The van der Waals surface area contributed by atoms with Gasteiger partial charge >= 0.3 is 17.7 Å². The fourth-order valence-electron chi connectivity index (χ4n) is 0.973. The molecule has 6 nitrogen and oxygen atoms in total. The average molecular weight is 300 g/mol. The summed E-state index contributed by atoms with van der Waals surface area (Å²) in [7, 11) is 0. The minimum absolute atomic E-state index is 0.0532. The van der Waals surface area contributed by atoms with Gasteiger partial charge in [0.25, 0.3) is 0 Å². The van der Waals surface area contributed by atoms with Crippen LogP contribution in [0.4, 0.5) is 0 Å². The zero-order chi connectivity index (χ0) is 16.6. The topological polar surface area (TPSA) is 71.1 Å². The van der Waals surface area contributed by atoms with Gasteiger partial charge in [-0.15, -0.1) is 0 Å². The molecule has 0 radical (unpaired) electrons. The van der Waals surface area contributed by atoms with Gasteiger partial charge < -0.3 is 9.47 Å². The van der Waals surface area contributed by atoms with Gasteiger partial charge in [0.2, 0.25) is 0 Å². The molecule has 0 heterocycles. The molecule has 0 spiro atoms. The summed E-state index contributed by atoms with van der Waals surface area (Å²) in [6.07, 6.45) is 0. The van der Waals surface area contributed by atoms with Gasteiger partial charge in [0.05, 0.1) is 6.61 Å². The molecule has 0 bridgehead atoms. The molecule has 0 aromatic carbocycles. The molecule has 0 aliphatic carbocycles. The first-order valence-corrected chi connectivity index (χ1v) is 6.59. The first kappa shape index (κ1) is 19.3. The molecule has 1 unspecified atom stereocenters. The highest BCUT2D eigenvalue weighted by Crippen LogP contribution is 2.18. The van der Waals surface area contributed by atoms with E-state index in [9.17, 15) is 9.59 Å². The van der Waals surface area contributed by atoms with E-state index in [0.29, 0.717) is 5.57 Å². The summed E-state index contributed by atoms with van der Waals surface area (Å²) < 4.78 is 10.0. The maximum atomic E-state index is 12.0. The normalized spacial score (nSPS) is 13.4. The summed E-state index contributed by atoms with van der Waals surface area (Å²) in [5.41, 5.74) is 0.806. The van der Waals surface area contributed by atoms with E-state index < -0.39 is 17.7 Å². The molecule has 0 N–H and O–H groups in total. The molecule has 0 rings (SSSR count). The molecule has 0 aromatic rings. The van der Waals surface area contributed by atoms with E-state index in [-0.39, 0.29) is 24.7 Å². The monoisotopic (exact) mass is 300 g/mol. The minimum Gasteiger partial charge on any atom is -0.461 e. The second-order valence-electron chi connectivity index (χ2n) is 5.41. The molecule has 0 aliphatic rings. The quantitative estimate of drug-likeness (QED) is 0.163. The lowest BCUT2D eigenvalue weighted by Crippen LogP contribution is -2.45. The molecule has 0 aromatic heterocycles. The highest BCUT2D eigenvalue weighted by Gasteiger charge is 2.42. The van der Waals surface area contributed by atoms with Crippen molar-refractivity contribution >= 4 is 11.9 Å². The Morgan fingerprint density at radius 2 is 1.76 bits per heavy atom. The molecular weight excluding hydrogens is 276 g/mol. The lowest BCUT2D eigenvalue weighted by Gasteiger charge is -2.26. The van der Waals surface area contributed by atoms with Gasteiger partial charge in [-0.2, -0.15) is 4.89 Å². The van der Waals surface area contributed by atoms with Crippen LogP contribution < -0.4 is 0 Å². The Kier molecular flexibility index (Phi) is 7.91. The minimum atomic E-state index is -2.00. The van der Waals surface area contributed by atoms with E-state index in [0.717, 1.165) is 0 Å². The van der Waals surface area contributed by atoms with Crippen molar-refractivity contribution in [2.24, 2.45) is 5.92 Å². The fourth-order valence-corrected chi connectivity index (χ4v) is 0.973. The maximum absolute atomic E-state index is 12.0. The third kappa shape index (κ3) is 7.63.